The predicted molar refractivity (Wildman–Crippen MR) is 77.7 cm³/mol. The summed E-state index contributed by atoms with van der Waals surface area (Å²) in [4.78, 5) is 16.2. The molecule has 114 valence electrons. The highest BCUT2D eigenvalue weighted by Crippen LogP contribution is 2.28. The monoisotopic (exact) mass is 301 g/mol. The SMILES string of the molecule is O=C(NC1CC2CCC1N2)c1ncc(-c2ccccc2F)o1. The van der Waals surface area contributed by atoms with Crippen molar-refractivity contribution in [1.29, 1.82) is 0 Å². The van der Waals surface area contributed by atoms with E-state index in [-0.39, 0.29) is 23.6 Å². The molecule has 0 radical (unpaired) electrons. The number of aromatic nitrogens is 1. The zero-order valence-electron chi connectivity index (χ0n) is 11.9. The summed E-state index contributed by atoms with van der Waals surface area (Å²) in [6.45, 7) is 0. The fourth-order valence-corrected chi connectivity index (χ4v) is 3.38. The van der Waals surface area contributed by atoms with Crippen molar-refractivity contribution in [3.05, 3.63) is 42.2 Å². The maximum Gasteiger partial charge on any atom is 0.307 e. The molecule has 3 heterocycles. The van der Waals surface area contributed by atoms with E-state index in [2.05, 4.69) is 15.6 Å². The van der Waals surface area contributed by atoms with Crippen LogP contribution in [0.5, 0.6) is 0 Å². The molecule has 0 spiro atoms. The van der Waals surface area contributed by atoms with Gasteiger partial charge >= 0.3 is 5.91 Å². The third kappa shape index (κ3) is 2.29. The summed E-state index contributed by atoms with van der Waals surface area (Å²) in [5.41, 5.74) is 0.302. The summed E-state index contributed by atoms with van der Waals surface area (Å²) in [7, 11) is 0. The number of amides is 1. The molecular formula is C16H16FN3O2. The fourth-order valence-electron chi connectivity index (χ4n) is 3.38. The second-order valence-electron chi connectivity index (χ2n) is 5.87. The molecular weight excluding hydrogens is 285 g/mol. The number of nitrogens with one attached hydrogen (secondary N) is 2. The van der Waals surface area contributed by atoms with Crippen molar-refractivity contribution < 1.29 is 13.6 Å². The lowest BCUT2D eigenvalue weighted by Gasteiger charge is -2.20. The predicted octanol–water partition coefficient (Wildman–Crippen LogP) is 2.10. The largest absolute Gasteiger partial charge is 0.432 e. The maximum atomic E-state index is 13.7. The van der Waals surface area contributed by atoms with Crippen molar-refractivity contribution in [3.63, 3.8) is 0 Å². The Hall–Kier alpha value is -2.21. The molecule has 1 aromatic heterocycles. The Balaban J connectivity index is 1.49. The first-order valence-corrected chi connectivity index (χ1v) is 7.48. The van der Waals surface area contributed by atoms with E-state index in [0.29, 0.717) is 17.6 Å². The Morgan fingerprint density at radius 1 is 1.36 bits per heavy atom. The number of halogens is 1. The molecule has 2 aromatic rings. The van der Waals surface area contributed by atoms with Crippen molar-refractivity contribution in [2.45, 2.75) is 37.4 Å². The number of oxazole rings is 1. The average Bonchev–Trinajstić information content (AvgIpc) is 3.24. The van der Waals surface area contributed by atoms with Crippen LogP contribution in [0.3, 0.4) is 0 Å². The van der Waals surface area contributed by atoms with E-state index in [9.17, 15) is 9.18 Å². The third-order valence-electron chi connectivity index (χ3n) is 4.46. The lowest BCUT2D eigenvalue weighted by molar-refractivity contribution is 0.0896. The van der Waals surface area contributed by atoms with Gasteiger partial charge in [0.25, 0.3) is 5.89 Å². The van der Waals surface area contributed by atoms with Gasteiger partial charge in [-0.1, -0.05) is 12.1 Å². The van der Waals surface area contributed by atoms with Crippen molar-refractivity contribution in [1.82, 2.24) is 15.6 Å². The molecule has 2 fully saturated rings. The minimum atomic E-state index is -0.400. The van der Waals surface area contributed by atoms with Crippen molar-refractivity contribution >= 4 is 5.91 Å². The second-order valence-corrected chi connectivity index (χ2v) is 5.87. The molecule has 3 atom stereocenters. The summed E-state index contributed by atoms with van der Waals surface area (Å²) >= 11 is 0. The summed E-state index contributed by atoms with van der Waals surface area (Å²) in [6.07, 6.45) is 4.58. The van der Waals surface area contributed by atoms with Gasteiger partial charge in [0.05, 0.1) is 11.8 Å². The zero-order chi connectivity index (χ0) is 15.1. The van der Waals surface area contributed by atoms with Crippen LogP contribution in [-0.4, -0.2) is 29.0 Å². The lowest BCUT2D eigenvalue weighted by Crippen LogP contribution is -2.43. The van der Waals surface area contributed by atoms with Gasteiger partial charge in [-0.05, 0) is 31.4 Å². The molecule has 1 amide bonds. The molecule has 1 aromatic carbocycles. The molecule has 0 saturated carbocycles. The number of carbonyl (C=O) groups excluding carboxylic acids is 1. The van der Waals surface area contributed by atoms with Gasteiger partial charge in [0.1, 0.15) is 5.82 Å². The van der Waals surface area contributed by atoms with Crippen LogP contribution in [-0.2, 0) is 0 Å². The van der Waals surface area contributed by atoms with Gasteiger partial charge in [-0.3, -0.25) is 4.79 Å². The van der Waals surface area contributed by atoms with E-state index in [1.54, 1.807) is 18.2 Å². The normalized spacial score (nSPS) is 26.3. The zero-order valence-corrected chi connectivity index (χ0v) is 11.9. The topological polar surface area (TPSA) is 67.2 Å². The fraction of sp³-hybridized carbons (Fsp3) is 0.375. The maximum absolute atomic E-state index is 13.7. The third-order valence-corrected chi connectivity index (χ3v) is 4.46. The van der Waals surface area contributed by atoms with Crippen LogP contribution >= 0.6 is 0 Å². The molecule has 2 bridgehead atoms. The summed E-state index contributed by atoms with van der Waals surface area (Å²) < 4.78 is 19.1. The highest BCUT2D eigenvalue weighted by Gasteiger charge is 2.40. The molecule has 5 nitrogen and oxygen atoms in total. The Bertz CT molecular complexity index is 715. The summed E-state index contributed by atoms with van der Waals surface area (Å²) in [6, 6.07) is 7.22. The highest BCUT2D eigenvalue weighted by molar-refractivity contribution is 5.90. The van der Waals surface area contributed by atoms with Gasteiger partial charge in [0, 0.05) is 18.1 Å². The molecule has 2 aliphatic rings. The van der Waals surface area contributed by atoms with E-state index in [0.717, 1.165) is 12.8 Å². The Labute approximate surface area is 126 Å². The van der Waals surface area contributed by atoms with Crippen LogP contribution < -0.4 is 10.6 Å². The lowest BCUT2D eigenvalue weighted by atomic mass is 9.95. The minimum absolute atomic E-state index is 0.0268. The number of hydrogen-bond acceptors (Lipinski definition) is 4. The Kier molecular flexibility index (Phi) is 3.18. The molecule has 2 saturated heterocycles. The quantitative estimate of drug-likeness (QED) is 0.911. The molecule has 3 unspecified atom stereocenters. The Morgan fingerprint density at radius 3 is 2.95 bits per heavy atom. The van der Waals surface area contributed by atoms with Crippen LogP contribution in [0, 0.1) is 5.82 Å². The number of nitrogens with zero attached hydrogens (tertiary/aromatic N) is 1. The van der Waals surface area contributed by atoms with Crippen LogP contribution in [0.15, 0.2) is 34.9 Å². The van der Waals surface area contributed by atoms with Crippen molar-refractivity contribution in [2.75, 3.05) is 0 Å². The summed E-state index contributed by atoms with van der Waals surface area (Å²) in [5, 5.41) is 6.41. The number of benzene rings is 1. The summed E-state index contributed by atoms with van der Waals surface area (Å²) in [5.74, 6) is -0.514. The van der Waals surface area contributed by atoms with Gasteiger partial charge in [-0.15, -0.1) is 0 Å². The van der Waals surface area contributed by atoms with Gasteiger partial charge in [0.2, 0.25) is 0 Å². The van der Waals surface area contributed by atoms with Gasteiger partial charge in [-0.25, -0.2) is 9.37 Å². The first kappa shape index (κ1) is 13.5. The van der Waals surface area contributed by atoms with Gasteiger partial charge in [-0.2, -0.15) is 0 Å². The van der Waals surface area contributed by atoms with E-state index in [1.165, 1.54) is 18.7 Å². The van der Waals surface area contributed by atoms with Gasteiger partial charge < -0.3 is 15.1 Å². The number of carbonyl (C=O) groups is 1. The van der Waals surface area contributed by atoms with Crippen LogP contribution in [0.4, 0.5) is 4.39 Å². The first-order valence-electron chi connectivity index (χ1n) is 7.48. The van der Waals surface area contributed by atoms with E-state index in [1.807, 2.05) is 0 Å². The molecule has 6 heteroatoms. The second kappa shape index (κ2) is 5.21. The smallest absolute Gasteiger partial charge is 0.307 e. The molecule has 2 N–H and O–H groups in total. The number of hydrogen-bond donors (Lipinski definition) is 2. The van der Waals surface area contributed by atoms with E-state index < -0.39 is 5.82 Å². The number of rotatable bonds is 3. The van der Waals surface area contributed by atoms with E-state index >= 15 is 0 Å². The average molecular weight is 301 g/mol. The molecule has 2 aliphatic heterocycles. The van der Waals surface area contributed by atoms with Crippen LogP contribution in [0.2, 0.25) is 0 Å². The standard InChI is InChI=1S/C16H16FN3O2/c17-11-4-2-1-3-10(11)14-8-18-16(22-14)15(21)20-13-7-9-5-6-12(13)19-9/h1-4,8-9,12-13,19H,5-7H2,(H,20,21). The first-order chi connectivity index (χ1) is 10.7. The molecule has 4 rings (SSSR count). The van der Waals surface area contributed by atoms with E-state index in [4.69, 9.17) is 4.42 Å². The molecule has 0 aliphatic carbocycles. The number of fused-ring (bicyclic) bond motifs is 2. The minimum Gasteiger partial charge on any atom is -0.432 e. The van der Waals surface area contributed by atoms with Crippen LogP contribution in [0.25, 0.3) is 11.3 Å². The highest BCUT2D eigenvalue weighted by atomic mass is 19.1. The van der Waals surface area contributed by atoms with Gasteiger partial charge in [0.15, 0.2) is 5.76 Å². The van der Waals surface area contributed by atoms with Crippen LogP contribution in [0.1, 0.15) is 29.9 Å². The van der Waals surface area contributed by atoms with Crippen molar-refractivity contribution in [3.8, 4) is 11.3 Å². The molecule has 22 heavy (non-hydrogen) atoms. The van der Waals surface area contributed by atoms with Crippen molar-refractivity contribution in [2.24, 2.45) is 0 Å². The Morgan fingerprint density at radius 2 is 2.23 bits per heavy atom.